The Morgan fingerprint density at radius 2 is 2.30 bits per heavy atom. The van der Waals surface area contributed by atoms with Crippen molar-refractivity contribution in [3.63, 3.8) is 0 Å². The highest BCUT2D eigenvalue weighted by Gasteiger charge is 2.20. The lowest BCUT2D eigenvalue weighted by Crippen LogP contribution is -2.45. The van der Waals surface area contributed by atoms with Crippen LogP contribution in [-0.4, -0.2) is 34.9 Å². The molecule has 20 heavy (non-hydrogen) atoms. The van der Waals surface area contributed by atoms with Crippen LogP contribution in [0.4, 0.5) is 5.69 Å². The summed E-state index contributed by atoms with van der Waals surface area (Å²) in [4.78, 5) is 24.1. The molecule has 0 spiro atoms. The largest absolute Gasteiger partial charge is 0.341 e. The second-order valence-electron chi connectivity index (χ2n) is 5.17. The van der Waals surface area contributed by atoms with Crippen LogP contribution in [0, 0.1) is 10.1 Å². The summed E-state index contributed by atoms with van der Waals surface area (Å²) in [5, 5.41) is 10.7. The average molecular weight is 277 g/mol. The minimum absolute atomic E-state index is 0.0648. The van der Waals surface area contributed by atoms with Gasteiger partial charge in [-0.05, 0) is 24.8 Å². The molecule has 1 atom stereocenters. The number of amides is 1. The van der Waals surface area contributed by atoms with Gasteiger partial charge in [0, 0.05) is 37.7 Å². The van der Waals surface area contributed by atoms with E-state index in [-0.39, 0.29) is 17.6 Å². The van der Waals surface area contributed by atoms with E-state index in [4.69, 9.17) is 5.73 Å². The molecule has 2 rings (SSSR count). The van der Waals surface area contributed by atoms with Crippen molar-refractivity contribution in [1.29, 1.82) is 0 Å². The molecule has 2 N–H and O–H groups in total. The van der Waals surface area contributed by atoms with Crippen LogP contribution in [0.1, 0.15) is 24.8 Å². The fraction of sp³-hybridized carbons (Fsp3) is 0.500. The number of rotatable bonds is 4. The average Bonchev–Trinajstić information content (AvgIpc) is 2.45. The zero-order valence-electron chi connectivity index (χ0n) is 11.3. The Bertz CT molecular complexity index is 504. The van der Waals surface area contributed by atoms with E-state index in [0.717, 1.165) is 24.9 Å². The molecule has 1 amide bonds. The standard InChI is InChI=1S/C14H19N3O3/c15-12-4-2-8-16(10-12)14(18)7-6-11-3-1-5-13(9-11)17(19)20/h1,3,5,9,12H,2,4,6-8,10,15H2. The van der Waals surface area contributed by atoms with Crippen molar-refractivity contribution in [1.82, 2.24) is 4.90 Å². The third-order valence-electron chi connectivity index (χ3n) is 3.56. The Hall–Kier alpha value is -1.95. The molecule has 6 heteroatoms. The maximum atomic E-state index is 12.1. The number of nitrogens with zero attached hydrogens (tertiary/aromatic N) is 2. The third-order valence-corrected chi connectivity index (χ3v) is 3.56. The maximum Gasteiger partial charge on any atom is 0.269 e. The van der Waals surface area contributed by atoms with Gasteiger partial charge in [-0.15, -0.1) is 0 Å². The summed E-state index contributed by atoms with van der Waals surface area (Å²) in [7, 11) is 0. The van der Waals surface area contributed by atoms with Crippen LogP contribution in [0.2, 0.25) is 0 Å². The number of carbonyl (C=O) groups excluding carboxylic acids is 1. The summed E-state index contributed by atoms with van der Waals surface area (Å²) in [5.74, 6) is 0.0756. The second-order valence-corrected chi connectivity index (χ2v) is 5.17. The van der Waals surface area contributed by atoms with Crippen LogP contribution in [0.3, 0.4) is 0 Å². The molecule has 1 aliphatic heterocycles. The molecule has 0 saturated carbocycles. The van der Waals surface area contributed by atoms with Crippen LogP contribution < -0.4 is 5.73 Å². The molecule has 0 radical (unpaired) electrons. The number of nitro groups is 1. The first-order valence-electron chi connectivity index (χ1n) is 6.83. The summed E-state index contributed by atoms with van der Waals surface area (Å²) >= 11 is 0. The Morgan fingerprint density at radius 1 is 1.50 bits per heavy atom. The summed E-state index contributed by atoms with van der Waals surface area (Å²) in [6.07, 6.45) is 2.80. The van der Waals surface area contributed by atoms with Gasteiger partial charge in [-0.1, -0.05) is 12.1 Å². The van der Waals surface area contributed by atoms with E-state index in [0.29, 0.717) is 19.4 Å². The van der Waals surface area contributed by atoms with Gasteiger partial charge in [-0.3, -0.25) is 14.9 Å². The molecule has 108 valence electrons. The fourth-order valence-electron chi connectivity index (χ4n) is 2.47. The van der Waals surface area contributed by atoms with Gasteiger partial charge in [0.2, 0.25) is 5.91 Å². The fourth-order valence-corrected chi connectivity index (χ4v) is 2.47. The summed E-state index contributed by atoms with van der Waals surface area (Å²) < 4.78 is 0. The first kappa shape index (κ1) is 14.5. The molecule has 1 saturated heterocycles. The van der Waals surface area contributed by atoms with E-state index in [1.807, 2.05) is 6.07 Å². The first-order valence-corrected chi connectivity index (χ1v) is 6.83. The zero-order valence-corrected chi connectivity index (χ0v) is 11.3. The smallest absolute Gasteiger partial charge is 0.269 e. The molecule has 1 aromatic rings. The van der Waals surface area contributed by atoms with E-state index in [1.165, 1.54) is 12.1 Å². The molecule has 0 bridgehead atoms. The van der Waals surface area contributed by atoms with E-state index >= 15 is 0 Å². The van der Waals surface area contributed by atoms with Crippen LogP contribution in [0.25, 0.3) is 0 Å². The molecule has 1 unspecified atom stereocenters. The van der Waals surface area contributed by atoms with Crippen LogP contribution >= 0.6 is 0 Å². The summed E-state index contributed by atoms with van der Waals surface area (Å²) in [6, 6.07) is 6.51. The van der Waals surface area contributed by atoms with Gasteiger partial charge in [0.25, 0.3) is 5.69 Å². The SMILES string of the molecule is NC1CCCN(C(=O)CCc2cccc([N+](=O)[O-])c2)C1. The van der Waals surface area contributed by atoms with Gasteiger partial charge < -0.3 is 10.6 Å². The highest BCUT2D eigenvalue weighted by molar-refractivity contribution is 5.76. The molecule has 0 aromatic heterocycles. The molecule has 1 fully saturated rings. The zero-order chi connectivity index (χ0) is 14.5. The van der Waals surface area contributed by atoms with E-state index in [9.17, 15) is 14.9 Å². The van der Waals surface area contributed by atoms with Crippen LogP contribution in [0.15, 0.2) is 24.3 Å². The van der Waals surface area contributed by atoms with Gasteiger partial charge in [-0.25, -0.2) is 0 Å². The Balaban J connectivity index is 1.89. The van der Waals surface area contributed by atoms with Crippen molar-refractivity contribution in [3.05, 3.63) is 39.9 Å². The minimum atomic E-state index is -0.422. The van der Waals surface area contributed by atoms with Gasteiger partial charge in [0.1, 0.15) is 0 Å². The molecule has 1 aromatic carbocycles. The van der Waals surface area contributed by atoms with Crippen molar-refractivity contribution in [2.75, 3.05) is 13.1 Å². The lowest BCUT2D eigenvalue weighted by Gasteiger charge is -2.30. The monoisotopic (exact) mass is 277 g/mol. The molecule has 1 heterocycles. The quantitative estimate of drug-likeness (QED) is 0.666. The lowest BCUT2D eigenvalue weighted by atomic mass is 10.0. The first-order chi connectivity index (χ1) is 9.56. The predicted molar refractivity (Wildman–Crippen MR) is 75.2 cm³/mol. The molecular weight excluding hydrogens is 258 g/mol. The maximum absolute atomic E-state index is 12.1. The molecule has 6 nitrogen and oxygen atoms in total. The number of hydrogen-bond donors (Lipinski definition) is 1. The number of hydrogen-bond acceptors (Lipinski definition) is 4. The van der Waals surface area contributed by atoms with Gasteiger partial charge in [0.15, 0.2) is 0 Å². The third kappa shape index (κ3) is 3.77. The van der Waals surface area contributed by atoms with Crippen molar-refractivity contribution in [2.24, 2.45) is 5.73 Å². The van der Waals surface area contributed by atoms with Crippen molar-refractivity contribution >= 4 is 11.6 Å². The number of benzene rings is 1. The minimum Gasteiger partial charge on any atom is -0.341 e. The molecule has 0 aliphatic carbocycles. The van der Waals surface area contributed by atoms with Crippen molar-refractivity contribution in [2.45, 2.75) is 31.7 Å². The van der Waals surface area contributed by atoms with Gasteiger partial charge in [-0.2, -0.15) is 0 Å². The van der Waals surface area contributed by atoms with E-state index < -0.39 is 4.92 Å². The van der Waals surface area contributed by atoms with E-state index in [2.05, 4.69) is 0 Å². The van der Waals surface area contributed by atoms with E-state index in [1.54, 1.807) is 11.0 Å². The topological polar surface area (TPSA) is 89.5 Å². The Labute approximate surface area is 117 Å². The normalized spacial score (nSPS) is 18.9. The number of likely N-dealkylation sites (tertiary alicyclic amines) is 1. The van der Waals surface area contributed by atoms with Gasteiger partial charge >= 0.3 is 0 Å². The van der Waals surface area contributed by atoms with Crippen LogP contribution in [-0.2, 0) is 11.2 Å². The Kier molecular flexibility index (Phi) is 4.68. The highest BCUT2D eigenvalue weighted by Crippen LogP contribution is 2.16. The molecular formula is C14H19N3O3. The molecule has 1 aliphatic rings. The number of non-ortho nitro benzene ring substituents is 1. The Morgan fingerprint density at radius 3 is 3.00 bits per heavy atom. The number of carbonyl (C=O) groups is 1. The second kappa shape index (κ2) is 6.47. The summed E-state index contributed by atoms with van der Waals surface area (Å²) in [5.41, 5.74) is 6.73. The van der Waals surface area contributed by atoms with Gasteiger partial charge in [0.05, 0.1) is 4.92 Å². The van der Waals surface area contributed by atoms with Crippen LogP contribution in [0.5, 0.6) is 0 Å². The number of nitrogens with two attached hydrogens (primary N) is 1. The number of nitro benzene ring substituents is 1. The summed E-state index contributed by atoms with van der Waals surface area (Å²) in [6.45, 7) is 1.38. The predicted octanol–water partition coefficient (Wildman–Crippen LogP) is 1.48. The van der Waals surface area contributed by atoms with Crippen molar-refractivity contribution < 1.29 is 9.72 Å². The number of aryl methyl sites for hydroxylation is 1. The number of piperidine rings is 1. The highest BCUT2D eigenvalue weighted by atomic mass is 16.6. The van der Waals surface area contributed by atoms with Crippen molar-refractivity contribution in [3.8, 4) is 0 Å². The lowest BCUT2D eigenvalue weighted by molar-refractivity contribution is -0.384.